The second-order valence-electron chi connectivity index (χ2n) is 4.03. The van der Waals surface area contributed by atoms with E-state index in [1.807, 2.05) is 12.1 Å². The third-order valence-electron chi connectivity index (χ3n) is 2.51. The first-order chi connectivity index (χ1) is 8.27. The predicted molar refractivity (Wildman–Crippen MR) is 68.1 cm³/mol. The number of aliphatic hydroxyl groups is 1. The molecule has 0 saturated carbocycles. The monoisotopic (exact) mass is 238 g/mol. The lowest BCUT2D eigenvalue weighted by atomic mass is 10.1. The molecule has 0 bridgehead atoms. The van der Waals surface area contributed by atoms with Gasteiger partial charge in [-0.25, -0.2) is 4.98 Å². The van der Waals surface area contributed by atoms with Crippen molar-refractivity contribution in [3.63, 3.8) is 0 Å². The van der Waals surface area contributed by atoms with Crippen LogP contribution in [0.2, 0.25) is 0 Å². The Hall–Kier alpha value is -1.13. The van der Waals surface area contributed by atoms with E-state index < -0.39 is 0 Å². The number of hydrogen-bond donors (Lipinski definition) is 2. The van der Waals surface area contributed by atoms with E-state index in [2.05, 4.69) is 24.1 Å². The summed E-state index contributed by atoms with van der Waals surface area (Å²) in [5.74, 6) is 0.626. The highest BCUT2D eigenvalue weighted by molar-refractivity contribution is 5.23. The second kappa shape index (κ2) is 8.03. The van der Waals surface area contributed by atoms with Gasteiger partial charge in [0.25, 0.3) is 0 Å². The van der Waals surface area contributed by atoms with Gasteiger partial charge in [-0.3, -0.25) is 0 Å². The van der Waals surface area contributed by atoms with Crippen LogP contribution in [0, 0.1) is 0 Å². The lowest BCUT2D eigenvalue weighted by Gasteiger charge is -2.14. The summed E-state index contributed by atoms with van der Waals surface area (Å²) in [7, 11) is 0. The second-order valence-corrected chi connectivity index (χ2v) is 4.03. The van der Waals surface area contributed by atoms with E-state index in [-0.39, 0.29) is 6.61 Å². The molecule has 0 aliphatic carbocycles. The minimum atomic E-state index is 0.147. The number of hydrogen-bond acceptors (Lipinski definition) is 4. The van der Waals surface area contributed by atoms with Crippen LogP contribution < -0.4 is 10.1 Å². The van der Waals surface area contributed by atoms with Crippen LogP contribution in [0.1, 0.15) is 38.3 Å². The van der Waals surface area contributed by atoms with Gasteiger partial charge in [0.15, 0.2) is 0 Å². The van der Waals surface area contributed by atoms with Crippen molar-refractivity contribution in [1.29, 1.82) is 0 Å². The topological polar surface area (TPSA) is 54.4 Å². The summed E-state index contributed by atoms with van der Waals surface area (Å²) in [6.45, 7) is 5.93. The molecule has 1 rings (SSSR count). The molecule has 2 N–H and O–H groups in total. The van der Waals surface area contributed by atoms with E-state index in [4.69, 9.17) is 9.84 Å². The zero-order valence-corrected chi connectivity index (χ0v) is 10.6. The quantitative estimate of drug-likeness (QED) is 0.679. The molecule has 0 aliphatic heterocycles. The number of rotatable bonds is 8. The highest BCUT2D eigenvalue weighted by atomic mass is 16.5. The molecule has 1 atom stereocenters. The third-order valence-corrected chi connectivity index (χ3v) is 2.51. The molecule has 1 aromatic heterocycles. The van der Waals surface area contributed by atoms with Gasteiger partial charge in [0.1, 0.15) is 0 Å². The standard InChI is InChI=1S/C13H22N2O2/c1-3-6-14-11(2)12-5-7-15-13(10-12)17-9-4-8-16/h5,7,10-11,14,16H,3-4,6,8-9H2,1-2H3. The van der Waals surface area contributed by atoms with Gasteiger partial charge >= 0.3 is 0 Å². The maximum absolute atomic E-state index is 8.67. The van der Waals surface area contributed by atoms with Gasteiger partial charge in [0.05, 0.1) is 6.61 Å². The van der Waals surface area contributed by atoms with Crippen molar-refractivity contribution in [2.75, 3.05) is 19.8 Å². The Bertz CT molecular complexity index is 318. The van der Waals surface area contributed by atoms with Crippen LogP contribution in [-0.2, 0) is 0 Å². The number of pyridine rings is 1. The first-order valence-corrected chi connectivity index (χ1v) is 6.21. The average Bonchev–Trinajstić information content (AvgIpc) is 2.36. The van der Waals surface area contributed by atoms with Crippen molar-refractivity contribution in [2.45, 2.75) is 32.7 Å². The number of aliphatic hydroxyl groups excluding tert-OH is 1. The normalized spacial score (nSPS) is 12.4. The summed E-state index contributed by atoms with van der Waals surface area (Å²) in [5, 5.41) is 12.1. The average molecular weight is 238 g/mol. The van der Waals surface area contributed by atoms with E-state index in [1.165, 1.54) is 5.56 Å². The fourth-order valence-corrected chi connectivity index (χ4v) is 1.49. The van der Waals surface area contributed by atoms with Gasteiger partial charge < -0.3 is 15.2 Å². The molecular weight excluding hydrogens is 216 g/mol. The molecule has 0 aliphatic rings. The largest absolute Gasteiger partial charge is 0.478 e. The van der Waals surface area contributed by atoms with Crippen LogP contribution in [-0.4, -0.2) is 29.8 Å². The highest BCUT2D eigenvalue weighted by Crippen LogP contribution is 2.16. The molecule has 0 saturated heterocycles. The number of nitrogens with one attached hydrogen (secondary N) is 1. The SMILES string of the molecule is CCCNC(C)c1ccnc(OCCCO)c1. The lowest BCUT2D eigenvalue weighted by molar-refractivity contribution is 0.229. The summed E-state index contributed by atoms with van der Waals surface area (Å²) in [6, 6.07) is 4.25. The molecule has 0 aromatic carbocycles. The Morgan fingerprint density at radius 2 is 2.35 bits per heavy atom. The minimum Gasteiger partial charge on any atom is -0.478 e. The first kappa shape index (κ1) is 13.9. The molecule has 4 nitrogen and oxygen atoms in total. The number of aromatic nitrogens is 1. The van der Waals surface area contributed by atoms with Crippen molar-refractivity contribution < 1.29 is 9.84 Å². The summed E-state index contributed by atoms with van der Waals surface area (Å²) >= 11 is 0. The molecule has 0 radical (unpaired) electrons. The molecule has 4 heteroatoms. The molecule has 1 heterocycles. The van der Waals surface area contributed by atoms with E-state index in [0.717, 1.165) is 13.0 Å². The Labute approximate surface area is 103 Å². The third kappa shape index (κ3) is 5.15. The maximum atomic E-state index is 8.67. The zero-order chi connectivity index (χ0) is 12.5. The summed E-state index contributed by atoms with van der Waals surface area (Å²) in [4.78, 5) is 4.14. The van der Waals surface area contributed by atoms with Gasteiger partial charge in [-0.05, 0) is 31.5 Å². The van der Waals surface area contributed by atoms with Crippen molar-refractivity contribution in [3.05, 3.63) is 23.9 Å². The van der Waals surface area contributed by atoms with Gasteiger partial charge in [0.2, 0.25) is 5.88 Å². The number of nitrogens with zero attached hydrogens (tertiary/aromatic N) is 1. The van der Waals surface area contributed by atoms with Crippen LogP contribution in [0.5, 0.6) is 5.88 Å². The van der Waals surface area contributed by atoms with Crippen LogP contribution >= 0.6 is 0 Å². The molecule has 17 heavy (non-hydrogen) atoms. The van der Waals surface area contributed by atoms with E-state index in [9.17, 15) is 0 Å². The Balaban J connectivity index is 2.52. The predicted octanol–water partition coefficient (Wildman–Crippen LogP) is 1.90. The zero-order valence-electron chi connectivity index (χ0n) is 10.6. The fourth-order valence-electron chi connectivity index (χ4n) is 1.49. The molecule has 96 valence electrons. The number of ether oxygens (including phenoxy) is 1. The fraction of sp³-hybridized carbons (Fsp3) is 0.615. The van der Waals surface area contributed by atoms with E-state index >= 15 is 0 Å². The Morgan fingerprint density at radius 1 is 1.53 bits per heavy atom. The van der Waals surface area contributed by atoms with E-state index in [0.29, 0.717) is 24.9 Å². The first-order valence-electron chi connectivity index (χ1n) is 6.21. The van der Waals surface area contributed by atoms with Crippen molar-refractivity contribution in [1.82, 2.24) is 10.3 Å². The van der Waals surface area contributed by atoms with Crippen LogP contribution in [0.4, 0.5) is 0 Å². The van der Waals surface area contributed by atoms with Gasteiger partial charge in [0, 0.05) is 31.3 Å². The van der Waals surface area contributed by atoms with Crippen LogP contribution in [0.3, 0.4) is 0 Å². The highest BCUT2D eigenvalue weighted by Gasteiger charge is 2.05. The smallest absolute Gasteiger partial charge is 0.213 e. The maximum Gasteiger partial charge on any atom is 0.213 e. The summed E-state index contributed by atoms with van der Waals surface area (Å²) < 4.78 is 5.44. The lowest BCUT2D eigenvalue weighted by Crippen LogP contribution is -2.19. The van der Waals surface area contributed by atoms with Gasteiger partial charge in [-0.2, -0.15) is 0 Å². The molecule has 1 unspecified atom stereocenters. The summed E-state index contributed by atoms with van der Waals surface area (Å²) in [6.07, 6.45) is 3.51. The van der Waals surface area contributed by atoms with Crippen molar-refractivity contribution >= 4 is 0 Å². The van der Waals surface area contributed by atoms with Crippen LogP contribution in [0.15, 0.2) is 18.3 Å². The minimum absolute atomic E-state index is 0.147. The van der Waals surface area contributed by atoms with Crippen molar-refractivity contribution in [2.24, 2.45) is 0 Å². The Kier molecular flexibility index (Phi) is 6.58. The summed E-state index contributed by atoms with van der Waals surface area (Å²) in [5.41, 5.74) is 1.17. The van der Waals surface area contributed by atoms with Gasteiger partial charge in [-0.1, -0.05) is 6.92 Å². The van der Waals surface area contributed by atoms with E-state index in [1.54, 1.807) is 6.20 Å². The molecule has 0 spiro atoms. The van der Waals surface area contributed by atoms with Crippen molar-refractivity contribution in [3.8, 4) is 5.88 Å². The van der Waals surface area contributed by atoms with Gasteiger partial charge in [-0.15, -0.1) is 0 Å². The molecule has 0 fully saturated rings. The molecule has 1 aromatic rings. The molecular formula is C13H22N2O2. The Morgan fingerprint density at radius 3 is 3.06 bits per heavy atom. The van der Waals surface area contributed by atoms with Crippen LogP contribution in [0.25, 0.3) is 0 Å². The molecule has 0 amide bonds.